The van der Waals surface area contributed by atoms with E-state index in [-0.39, 0.29) is 60.1 Å². The summed E-state index contributed by atoms with van der Waals surface area (Å²) in [4.78, 5) is 42.6. The number of nitrogens with one attached hydrogen (secondary N) is 1. The first-order valence-corrected chi connectivity index (χ1v) is 14.4. The second-order valence-electron chi connectivity index (χ2n) is 14.4. The van der Waals surface area contributed by atoms with E-state index in [0.29, 0.717) is 11.8 Å². The maximum Gasteiger partial charge on any atom is 0.236 e. The third-order valence-corrected chi connectivity index (χ3v) is 11.7. The Hall–Kier alpha value is -2.47. The van der Waals surface area contributed by atoms with Crippen LogP contribution in [0, 0.1) is 51.8 Å². The summed E-state index contributed by atoms with van der Waals surface area (Å²) in [5.41, 5.74) is -2.16. The smallest absolute Gasteiger partial charge is 0.236 e. The van der Waals surface area contributed by atoms with Crippen molar-refractivity contribution < 1.29 is 24.2 Å². The quantitative estimate of drug-likeness (QED) is 0.397. The van der Waals surface area contributed by atoms with Crippen molar-refractivity contribution in [3.63, 3.8) is 0 Å². The molecule has 1 aromatic rings. The maximum absolute atomic E-state index is 14.8. The van der Waals surface area contributed by atoms with Crippen LogP contribution in [-0.4, -0.2) is 34.4 Å². The van der Waals surface area contributed by atoms with Crippen LogP contribution in [0.4, 0.5) is 0 Å². The summed E-state index contributed by atoms with van der Waals surface area (Å²) in [5.74, 6) is 0.380. The minimum absolute atomic E-state index is 0.0719. The lowest BCUT2D eigenvalue weighted by Crippen LogP contribution is -2.61. The van der Waals surface area contributed by atoms with Gasteiger partial charge < -0.3 is 15.2 Å². The van der Waals surface area contributed by atoms with Crippen molar-refractivity contribution in [2.24, 2.45) is 51.8 Å². The van der Waals surface area contributed by atoms with Crippen LogP contribution in [-0.2, 0) is 20.8 Å². The van der Waals surface area contributed by atoms with E-state index in [1.807, 2.05) is 31.2 Å². The summed E-state index contributed by atoms with van der Waals surface area (Å²) in [6.45, 7) is 11.1. The highest BCUT2D eigenvalue weighted by Gasteiger charge is 2.74. The summed E-state index contributed by atoms with van der Waals surface area (Å²) in [5, 5.41) is 14.3. The zero-order valence-corrected chi connectivity index (χ0v) is 23.0. The van der Waals surface area contributed by atoms with Crippen LogP contribution in [0.3, 0.4) is 0 Å². The molecule has 0 radical (unpaired) electrons. The van der Waals surface area contributed by atoms with Gasteiger partial charge in [-0.15, -0.1) is 0 Å². The molecule has 3 aliphatic heterocycles. The second kappa shape index (κ2) is 7.38. The number of hydrogen-bond acceptors (Lipinski definition) is 5. The van der Waals surface area contributed by atoms with Crippen molar-refractivity contribution in [3.05, 3.63) is 41.5 Å². The summed E-state index contributed by atoms with van der Waals surface area (Å²) >= 11 is 0. The molecule has 202 valence electrons. The third kappa shape index (κ3) is 2.90. The standard InChI is InChI=1S/C32H39NO5/c1-16-10-17(2)24-26-22-23(30(24,5)11-16)18(3)12-29(4)21(34)14-31(27(35)25(22)29)15-32(37,33-28(31)36)13-19-6-8-20(38-26)9-7-19/h6-9,12,16-17,22-26,37H,10-11,13-15H2,1-5H3,(H,33,36). The summed E-state index contributed by atoms with van der Waals surface area (Å²) in [6.07, 6.45) is 3.92. The lowest BCUT2D eigenvalue weighted by atomic mass is 9.47. The largest absolute Gasteiger partial charge is 0.490 e. The summed E-state index contributed by atoms with van der Waals surface area (Å²) in [6, 6.07) is 7.78. The van der Waals surface area contributed by atoms with Gasteiger partial charge in [-0.1, -0.05) is 44.6 Å². The van der Waals surface area contributed by atoms with Gasteiger partial charge in [-0.3, -0.25) is 14.4 Å². The van der Waals surface area contributed by atoms with Gasteiger partial charge in [0.2, 0.25) is 5.91 Å². The fraction of sp³-hybridized carbons (Fsp3) is 0.656. The minimum Gasteiger partial charge on any atom is -0.490 e. The Kier molecular flexibility index (Phi) is 4.77. The average molecular weight is 518 g/mol. The lowest BCUT2D eigenvalue weighted by Gasteiger charge is -2.53. The number of aliphatic hydroxyl groups is 1. The van der Waals surface area contributed by atoms with Gasteiger partial charge in [0.05, 0.1) is 5.41 Å². The molecule has 1 saturated heterocycles. The van der Waals surface area contributed by atoms with Gasteiger partial charge in [-0.05, 0) is 67.6 Å². The average Bonchev–Trinajstić information content (AvgIpc) is 3.21. The predicted octanol–water partition coefficient (Wildman–Crippen LogP) is 4.24. The number of ether oxygens (including phenoxy) is 1. The van der Waals surface area contributed by atoms with Gasteiger partial charge in [0.15, 0.2) is 5.78 Å². The Bertz CT molecular complexity index is 1300. The minimum atomic E-state index is -1.57. The first-order chi connectivity index (χ1) is 17.8. The highest BCUT2D eigenvalue weighted by molar-refractivity contribution is 6.16. The summed E-state index contributed by atoms with van der Waals surface area (Å²) in [7, 11) is 0. The van der Waals surface area contributed by atoms with E-state index >= 15 is 0 Å². The van der Waals surface area contributed by atoms with Gasteiger partial charge in [0.25, 0.3) is 0 Å². The fourth-order valence-corrected chi connectivity index (χ4v) is 10.8. The van der Waals surface area contributed by atoms with Gasteiger partial charge in [0, 0.05) is 37.0 Å². The number of carbonyl (C=O) groups is 3. The molecule has 38 heavy (non-hydrogen) atoms. The zero-order chi connectivity index (χ0) is 27.0. The molecule has 1 spiro atoms. The van der Waals surface area contributed by atoms with Crippen molar-refractivity contribution in [2.75, 3.05) is 0 Å². The molecule has 3 saturated carbocycles. The second-order valence-corrected chi connectivity index (χ2v) is 14.4. The van der Waals surface area contributed by atoms with E-state index in [2.05, 4.69) is 39.1 Å². The van der Waals surface area contributed by atoms with Crippen molar-refractivity contribution in [1.82, 2.24) is 5.32 Å². The van der Waals surface area contributed by atoms with Gasteiger partial charge in [-0.2, -0.15) is 0 Å². The molecule has 6 heteroatoms. The molecule has 7 aliphatic rings. The van der Waals surface area contributed by atoms with Crippen molar-refractivity contribution in [1.29, 1.82) is 0 Å². The first kappa shape index (κ1) is 24.6. The Morgan fingerprint density at radius 1 is 1.03 bits per heavy atom. The van der Waals surface area contributed by atoms with Gasteiger partial charge in [0.1, 0.15) is 28.8 Å². The Morgan fingerprint density at radius 2 is 1.74 bits per heavy atom. The Balaban J connectivity index is 1.50. The number of hydrogen-bond donors (Lipinski definition) is 2. The van der Waals surface area contributed by atoms with E-state index in [0.717, 1.165) is 24.2 Å². The first-order valence-electron chi connectivity index (χ1n) is 14.4. The van der Waals surface area contributed by atoms with E-state index in [1.165, 1.54) is 5.57 Å². The molecule has 3 heterocycles. The normalized spacial score (nSPS) is 50.7. The van der Waals surface area contributed by atoms with E-state index in [9.17, 15) is 19.5 Å². The number of allylic oxidation sites excluding steroid dienone is 2. The number of fused-ring (bicyclic) bond motifs is 4. The van der Waals surface area contributed by atoms with Crippen LogP contribution < -0.4 is 10.1 Å². The Morgan fingerprint density at radius 3 is 2.45 bits per heavy atom. The molecule has 11 atom stereocenters. The molecule has 2 N–H and O–H groups in total. The van der Waals surface area contributed by atoms with Gasteiger partial charge >= 0.3 is 0 Å². The molecule has 5 bridgehead atoms. The number of Topliss-reactive ketones (excluding diaryl/α,β-unsaturated/α-hetero) is 2. The zero-order valence-electron chi connectivity index (χ0n) is 23.0. The molecule has 4 fully saturated rings. The van der Waals surface area contributed by atoms with Crippen LogP contribution in [0.15, 0.2) is 35.9 Å². The van der Waals surface area contributed by atoms with Crippen molar-refractivity contribution in [2.45, 2.75) is 78.6 Å². The van der Waals surface area contributed by atoms with Crippen LogP contribution in [0.5, 0.6) is 5.75 Å². The molecule has 0 aromatic heterocycles. The number of benzene rings is 1. The predicted molar refractivity (Wildman–Crippen MR) is 141 cm³/mol. The number of ketones is 2. The monoisotopic (exact) mass is 517 g/mol. The summed E-state index contributed by atoms with van der Waals surface area (Å²) < 4.78 is 6.94. The molecular formula is C32H39NO5. The molecule has 6 nitrogen and oxygen atoms in total. The molecule has 4 aliphatic carbocycles. The number of rotatable bonds is 0. The number of amides is 1. The van der Waals surface area contributed by atoms with Crippen molar-refractivity contribution in [3.8, 4) is 5.75 Å². The molecule has 11 unspecified atom stereocenters. The van der Waals surface area contributed by atoms with Crippen molar-refractivity contribution >= 4 is 17.5 Å². The van der Waals surface area contributed by atoms with Gasteiger partial charge in [-0.25, -0.2) is 0 Å². The van der Waals surface area contributed by atoms with Crippen LogP contribution in [0.25, 0.3) is 0 Å². The third-order valence-electron chi connectivity index (χ3n) is 11.7. The lowest BCUT2D eigenvalue weighted by molar-refractivity contribution is -0.163. The van der Waals surface area contributed by atoms with Crippen LogP contribution in [0.1, 0.15) is 65.9 Å². The van der Waals surface area contributed by atoms with E-state index < -0.39 is 28.4 Å². The van der Waals surface area contributed by atoms with E-state index in [4.69, 9.17) is 4.74 Å². The highest BCUT2D eigenvalue weighted by Crippen LogP contribution is 2.70. The molecular weight excluding hydrogens is 478 g/mol. The molecule has 1 amide bonds. The van der Waals surface area contributed by atoms with E-state index in [1.54, 1.807) is 0 Å². The maximum atomic E-state index is 14.8. The van der Waals surface area contributed by atoms with Crippen LogP contribution in [0.2, 0.25) is 0 Å². The highest BCUT2D eigenvalue weighted by atomic mass is 16.5. The Labute approximate surface area is 224 Å². The van der Waals surface area contributed by atoms with Crippen LogP contribution >= 0.6 is 0 Å². The SMILES string of the molecule is CC1=CC2(C)C(=O)CC34CC(O)(Cc5ccc(cc5)OC5C(C2C3=O)C1C1(C)CC(C)CC(C)C51)NC4=O. The molecule has 1 aromatic carbocycles. The molecule has 8 rings (SSSR count). The topological polar surface area (TPSA) is 92.7 Å². The number of carbonyl (C=O) groups excluding carboxylic acids is 3. The fourth-order valence-electron chi connectivity index (χ4n) is 10.8.